The molecule has 108 valence electrons. The van der Waals surface area contributed by atoms with Gasteiger partial charge in [-0.05, 0) is 30.3 Å². The minimum atomic E-state index is 0.731. The molecule has 1 aromatic heterocycles. The smallest absolute Gasteiger partial charge is 0.121 e. The maximum absolute atomic E-state index is 6.01. The van der Waals surface area contributed by atoms with Crippen LogP contribution in [-0.2, 0) is 13.1 Å². The molecule has 0 atom stereocenters. The zero-order valence-corrected chi connectivity index (χ0v) is 12.8. The summed E-state index contributed by atoms with van der Waals surface area (Å²) < 4.78 is 0. The van der Waals surface area contributed by atoms with Crippen LogP contribution in [-0.4, -0.2) is 21.4 Å². The third kappa shape index (κ3) is 3.43. The molecule has 0 amide bonds. The average molecular weight is 300 g/mol. The molecule has 1 heterocycles. The van der Waals surface area contributed by atoms with E-state index in [0.29, 0.717) is 0 Å². The Labute approximate surface area is 129 Å². The quantitative estimate of drug-likeness (QED) is 0.764. The SMILES string of the molecule is CCN(Cc1ccccc1)Cc1nc2ccc(Cl)cc2[nH]1. The summed E-state index contributed by atoms with van der Waals surface area (Å²) >= 11 is 6.01. The van der Waals surface area contributed by atoms with E-state index in [9.17, 15) is 0 Å². The first-order chi connectivity index (χ1) is 10.2. The van der Waals surface area contributed by atoms with Crippen molar-refractivity contribution in [2.45, 2.75) is 20.0 Å². The minimum Gasteiger partial charge on any atom is -0.341 e. The largest absolute Gasteiger partial charge is 0.341 e. The first kappa shape index (κ1) is 14.1. The number of hydrogen-bond acceptors (Lipinski definition) is 2. The zero-order chi connectivity index (χ0) is 14.7. The monoisotopic (exact) mass is 299 g/mol. The van der Waals surface area contributed by atoms with Crippen molar-refractivity contribution in [3.05, 3.63) is 64.9 Å². The van der Waals surface area contributed by atoms with Crippen molar-refractivity contribution in [2.75, 3.05) is 6.54 Å². The van der Waals surface area contributed by atoms with Crippen LogP contribution < -0.4 is 0 Å². The maximum Gasteiger partial charge on any atom is 0.121 e. The van der Waals surface area contributed by atoms with Gasteiger partial charge in [-0.25, -0.2) is 4.98 Å². The number of nitrogens with one attached hydrogen (secondary N) is 1. The van der Waals surface area contributed by atoms with Gasteiger partial charge in [0.1, 0.15) is 5.82 Å². The van der Waals surface area contributed by atoms with E-state index in [2.05, 4.69) is 46.1 Å². The fraction of sp³-hybridized carbons (Fsp3) is 0.235. The summed E-state index contributed by atoms with van der Waals surface area (Å²) in [6.45, 7) is 4.88. The maximum atomic E-state index is 6.01. The van der Waals surface area contributed by atoms with Crippen LogP contribution in [0.5, 0.6) is 0 Å². The normalized spacial score (nSPS) is 11.4. The molecule has 0 aliphatic carbocycles. The summed E-state index contributed by atoms with van der Waals surface area (Å²) in [4.78, 5) is 10.3. The van der Waals surface area contributed by atoms with E-state index >= 15 is 0 Å². The lowest BCUT2D eigenvalue weighted by molar-refractivity contribution is 0.265. The number of benzene rings is 2. The third-order valence-electron chi connectivity index (χ3n) is 3.56. The Balaban J connectivity index is 1.76. The first-order valence-electron chi connectivity index (χ1n) is 7.15. The van der Waals surface area contributed by atoms with Crippen LogP contribution in [0.1, 0.15) is 18.3 Å². The van der Waals surface area contributed by atoms with E-state index in [1.807, 2.05) is 24.3 Å². The molecule has 0 saturated carbocycles. The van der Waals surface area contributed by atoms with E-state index in [1.165, 1.54) is 5.56 Å². The summed E-state index contributed by atoms with van der Waals surface area (Å²) in [5.74, 6) is 0.977. The van der Waals surface area contributed by atoms with E-state index in [1.54, 1.807) is 0 Å². The van der Waals surface area contributed by atoms with Crippen LogP contribution in [0, 0.1) is 0 Å². The van der Waals surface area contributed by atoms with Gasteiger partial charge in [-0.2, -0.15) is 0 Å². The molecule has 0 radical (unpaired) electrons. The molecule has 3 nitrogen and oxygen atoms in total. The van der Waals surface area contributed by atoms with Gasteiger partial charge in [0.05, 0.1) is 17.6 Å². The second kappa shape index (κ2) is 6.29. The molecule has 4 heteroatoms. The predicted octanol–water partition coefficient (Wildman–Crippen LogP) is 4.24. The van der Waals surface area contributed by atoms with Crippen LogP contribution in [0.25, 0.3) is 11.0 Å². The number of halogens is 1. The van der Waals surface area contributed by atoms with Gasteiger partial charge in [0.2, 0.25) is 0 Å². The number of nitrogens with zero attached hydrogens (tertiary/aromatic N) is 2. The molecule has 21 heavy (non-hydrogen) atoms. The van der Waals surface area contributed by atoms with Gasteiger partial charge in [-0.15, -0.1) is 0 Å². The lowest BCUT2D eigenvalue weighted by atomic mass is 10.2. The topological polar surface area (TPSA) is 31.9 Å². The van der Waals surface area contributed by atoms with Crippen molar-refractivity contribution in [2.24, 2.45) is 0 Å². The van der Waals surface area contributed by atoms with Crippen LogP contribution in [0.4, 0.5) is 0 Å². The Morgan fingerprint density at radius 1 is 1.10 bits per heavy atom. The lowest BCUT2D eigenvalue weighted by Gasteiger charge is -2.19. The molecule has 3 aromatic rings. The van der Waals surface area contributed by atoms with Gasteiger partial charge in [-0.1, -0.05) is 48.9 Å². The molecule has 0 aliphatic rings. The average Bonchev–Trinajstić information content (AvgIpc) is 2.89. The second-order valence-electron chi connectivity index (χ2n) is 5.13. The molecule has 1 N–H and O–H groups in total. The molecule has 0 aliphatic heterocycles. The molecule has 0 unspecified atom stereocenters. The number of fused-ring (bicyclic) bond motifs is 1. The number of hydrogen-bond donors (Lipinski definition) is 1. The highest BCUT2D eigenvalue weighted by Crippen LogP contribution is 2.18. The van der Waals surface area contributed by atoms with E-state index in [4.69, 9.17) is 11.6 Å². The molecule has 0 bridgehead atoms. The summed E-state index contributed by atoms with van der Waals surface area (Å²) in [5, 5.41) is 0.731. The van der Waals surface area contributed by atoms with Crippen molar-refractivity contribution in [1.29, 1.82) is 0 Å². The Bertz CT molecular complexity index is 721. The van der Waals surface area contributed by atoms with Crippen molar-refractivity contribution < 1.29 is 0 Å². The molecule has 0 spiro atoms. The number of aromatic nitrogens is 2. The van der Waals surface area contributed by atoms with E-state index < -0.39 is 0 Å². The van der Waals surface area contributed by atoms with Crippen molar-refractivity contribution in [1.82, 2.24) is 14.9 Å². The highest BCUT2D eigenvalue weighted by molar-refractivity contribution is 6.31. The van der Waals surface area contributed by atoms with Gasteiger partial charge in [0, 0.05) is 11.6 Å². The summed E-state index contributed by atoms with van der Waals surface area (Å²) in [7, 11) is 0. The van der Waals surface area contributed by atoms with Crippen LogP contribution >= 0.6 is 11.6 Å². The summed E-state index contributed by atoms with van der Waals surface area (Å²) in [5.41, 5.74) is 3.27. The van der Waals surface area contributed by atoms with Gasteiger partial charge in [0.25, 0.3) is 0 Å². The molecular formula is C17H18ClN3. The van der Waals surface area contributed by atoms with E-state index in [0.717, 1.165) is 41.5 Å². The molecule has 0 fully saturated rings. The highest BCUT2D eigenvalue weighted by atomic mass is 35.5. The Morgan fingerprint density at radius 3 is 2.67 bits per heavy atom. The summed E-state index contributed by atoms with van der Waals surface area (Å²) in [6.07, 6.45) is 0. The second-order valence-corrected chi connectivity index (χ2v) is 5.57. The van der Waals surface area contributed by atoms with Crippen molar-refractivity contribution in [3.8, 4) is 0 Å². The predicted molar refractivity (Wildman–Crippen MR) is 87.3 cm³/mol. The molecule has 2 aromatic carbocycles. The first-order valence-corrected chi connectivity index (χ1v) is 7.53. The number of H-pyrrole nitrogens is 1. The Morgan fingerprint density at radius 2 is 1.90 bits per heavy atom. The standard InChI is InChI=1S/C17H18ClN3/c1-2-21(11-13-6-4-3-5-7-13)12-17-19-15-9-8-14(18)10-16(15)20-17/h3-10H,2,11-12H2,1H3,(H,19,20). The van der Waals surface area contributed by atoms with E-state index in [-0.39, 0.29) is 0 Å². The van der Waals surface area contributed by atoms with Crippen LogP contribution in [0.3, 0.4) is 0 Å². The van der Waals surface area contributed by atoms with Gasteiger partial charge >= 0.3 is 0 Å². The fourth-order valence-electron chi connectivity index (χ4n) is 2.44. The number of imidazole rings is 1. The number of aromatic amines is 1. The fourth-order valence-corrected chi connectivity index (χ4v) is 2.61. The van der Waals surface area contributed by atoms with Crippen LogP contribution in [0.2, 0.25) is 5.02 Å². The molecule has 0 saturated heterocycles. The minimum absolute atomic E-state index is 0.731. The Kier molecular flexibility index (Phi) is 4.23. The lowest BCUT2D eigenvalue weighted by Crippen LogP contribution is -2.22. The van der Waals surface area contributed by atoms with Crippen molar-refractivity contribution in [3.63, 3.8) is 0 Å². The van der Waals surface area contributed by atoms with Gasteiger partial charge in [-0.3, -0.25) is 4.90 Å². The highest BCUT2D eigenvalue weighted by Gasteiger charge is 2.09. The molecule has 3 rings (SSSR count). The molecular weight excluding hydrogens is 282 g/mol. The van der Waals surface area contributed by atoms with Crippen LogP contribution in [0.15, 0.2) is 48.5 Å². The third-order valence-corrected chi connectivity index (χ3v) is 3.80. The Hall–Kier alpha value is -1.84. The number of rotatable bonds is 5. The zero-order valence-electron chi connectivity index (χ0n) is 12.0. The summed E-state index contributed by atoms with van der Waals surface area (Å²) in [6, 6.07) is 16.2. The van der Waals surface area contributed by atoms with Crippen molar-refractivity contribution >= 4 is 22.6 Å². The van der Waals surface area contributed by atoms with Gasteiger partial charge < -0.3 is 4.98 Å². The van der Waals surface area contributed by atoms with Gasteiger partial charge in [0.15, 0.2) is 0 Å².